The lowest BCUT2D eigenvalue weighted by Gasteiger charge is -2.12. The largest absolute Gasteiger partial charge is 0.443 e. The Morgan fingerprint density at radius 2 is 2.00 bits per heavy atom. The summed E-state index contributed by atoms with van der Waals surface area (Å²) in [7, 11) is 0. The molecule has 0 saturated heterocycles. The van der Waals surface area contributed by atoms with Crippen LogP contribution in [0.1, 0.15) is 19.8 Å². The molecule has 0 N–H and O–H groups in total. The monoisotopic (exact) mass is 171 g/mol. The number of ether oxygens (including phenoxy) is 1. The quantitative estimate of drug-likeness (QED) is 0.470. The zero-order valence-electron chi connectivity index (χ0n) is 6.15. The van der Waals surface area contributed by atoms with Gasteiger partial charge in [-0.05, 0) is 6.42 Å². The average Bonchev–Trinajstić information content (AvgIpc) is 1.86. The summed E-state index contributed by atoms with van der Waals surface area (Å²) in [5, 5.41) is 10.1. The molecule has 0 aromatic heterocycles. The first kappa shape index (κ1) is 10.7. The fourth-order valence-corrected chi connectivity index (χ4v) is 0.429. The van der Waals surface area contributed by atoms with E-state index in [1.54, 1.807) is 6.92 Å². The van der Waals surface area contributed by atoms with E-state index < -0.39 is 12.5 Å². The first-order valence-corrected chi connectivity index (χ1v) is 3.32. The molecule has 11 heavy (non-hydrogen) atoms. The molecule has 1 unspecified atom stereocenters. The summed E-state index contributed by atoms with van der Waals surface area (Å²) in [5.41, 5.74) is 0. The molecule has 2 nitrogen and oxygen atoms in total. The van der Waals surface area contributed by atoms with Crippen LogP contribution in [-0.2, 0) is 9.84 Å². The zero-order valence-corrected chi connectivity index (χ0v) is 6.15. The maximum atomic E-state index is 11.4. The van der Waals surface area contributed by atoms with Gasteiger partial charge >= 0.3 is 6.18 Å². The van der Waals surface area contributed by atoms with E-state index in [0.29, 0.717) is 12.8 Å². The summed E-state index contributed by atoms with van der Waals surface area (Å²) >= 11 is 0. The third-order valence-electron chi connectivity index (χ3n) is 1.03. The van der Waals surface area contributed by atoms with E-state index in [1.165, 1.54) is 0 Å². The van der Waals surface area contributed by atoms with Crippen LogP contribution in [0.2, 0.25) is 0 Å². The van der Waals surface area contributed by atoms with Crippen LogP contribution in [0.25, 0.3) is 0 Å². The molecule has 67 valence electrons. The maximum Gasteiger partial charge on any atom is 0.443 e. The molecule has 5 heteroatoms. The van der Waals surface area contributed by atoms with Crippen LogP contribution in [0.3, 0.4) is 0 Å². The minimum atomic E-state index is -4.77. The fraction of sp³-hybridized carbons (Fsp3) is 1.00. The number of rotatable bonds is 4. The van der Waals surface area contributed by atoms with E-state index in [2.05, 4.69) is 4.74 Å². The van der Waals surface area contributed by atoms with Crippen molar-refractivity contribution in [2.45, 2.75) is 32.2 Å². The number of unbranched alkanes of at least 4 members (excludes halogenated alkanes) is 1. The standard InChI is InChI=1S/C6H10F3O2/c1-2-3-4-11-5(10)6(7,8)9/h5H,2-4H2,1H3. The second-order valence-corrected chi connectivity index (χ2v) is 2.10. The lowest BCUT2D eigenvalue weighted by Crippen LogP contribution is -2.30. The molecular weight excluding hydrogens is 161 g/mol. The summed E-state index contributed by atoms with van der Waals surface area (Å²) in [5.74, 6) is 0. The highest BCUT2D eigenvalue weighted by atomic mass is 19.4. The molecule has 0 fully saturated rings. The third kappa shape index (κ3) is 5.03. The highest BCUT2D eigenvalue weighted by Crippen LogP contribution is 2.21. The van der Waals surface area contributed by atoms with Crippen molar-refractivity contribution in [2.75, 3.05) is 6.61 Å². The van der Waals surface area contributed by atoms with Gasteiger partial charge < -0.3 is 4.74 Å². The molecule has 0 amide bonds. The SMILES string of the molecule is CCCCOC([O])C(F)(F)F. The van der Waals surface area contributed by atoms with Crippen molar-refractivity contribution >= 4 is 0 Å². The minimum absolute atomic E-state index is 0.121. The Bertz CT molecular complexity index is 102. The minimum Gasteiger partial charge on any atom is -0.343 e. The van der Waals surface area contributed by atoms with E-state index in [-0.39, 0.29) is 6.61 Å². The van der Waals surface area contributed by atoms with Crippen LogP contribution in [-0.4, -0.2) is 19.1 Å². The molecule has 0 aliphatic heterocycles. The number of halogens is 3. The van der Waals surface area contributed by atoms with Gasteiger partial charge in [0.25, 0.3) is 6.29 Å². The lowest BCUT2D eigenvalue weighted by molar-refractivity contribution is -0.313. The fourth-order valence-electron chi connectivity index (χ4n) is 0.429. The summed E-state index contributed by atoms with van der Waals surface area (Å²) < 4.78 is 38.3. The molecule has 0 aliphatic rings. The molecule has 0 aliphatic carbocycles. The van der Waals surface area contributed by atoms with Crippen molar-refractivity contribution in [3.63, 3.8) is 0 Å². The Morgan fingerprint density at radius 1 is 1.45 bits per heavy atom. The summed E-state index contributed by atoms with van der Waals surface area (Å²) in [4.78, 5) is 0. The number of hydrogen-bond donors (Lipinski definition) is 0. The van der Waals surface area contributed by atoms with Crippen LogP contribution < -0.4 is 0 Å². The molecular formula is C6H10F3O2. The predicted octanol–water partition coefficient (Wildman–Crippen LogP) is 2.12. The van der Waals surface area contributed by atoms with E-state index in [9.17, 15) is 18.3 Å². The molecule has 0 rings (SSSR count). The van der Waals surface area contributed by atoms with Crippen LogP contribution in [0.5, 0.6) is 0 Å². The van der Waals surface area contributed by atoms with E-state index in [1.807, 2.05) is 0 Å². The molecule has 0 heterocycles. The van der Waals surface area contributed by atoms with Crippen LogP contribution in [0.4, 0.5) is 13.2 Å². The Kier molecular flexibility index (Phi) is 4.44. The molecule has 0 spiro atoms. The van der Waals surface area contributed by atoms with Gasteiger partial charge in [-0.3, -0.25) is 0 Å². The molecule has 1 radical (unpaired) electrons. The lowest BCUT2D eigenvalue weighted by atomic mass is 10.4. The summed E-state index contributed by atoms with van der Waals surface area (Å²) in [6, 6.07) is 0. The van der Waals surface area contributed by atoms with Gasteiger partial charge in [-0.25, -0.2) is 0 Å². The van der Waals surface area contributed by atoms with Gasteiger partial charge in [-0.15, -0.1) is 0 Å². The summed E-state index contributed by atoms with van der Waals surface area (Å²) in [6.07, 6.45) is -6.46. The predicted molar refractivity (Wildman–Crippen MR) is 31.4 cm³/mol. The van der Waals surface area contributed by atoms with Crippen molar-refractivity contribution in [1.82, 2.24) is 0 Å². The van der Waals surface area contributed by atoms with Gasteiger partial charge in [0.1, 0.15) is 0 Å². The topological polar surface area (TPSA) is 29.1 Å². The van der Waals surface area contributed by atoms with Crippen LogP contribution in [0.15, 0.2) is 0 Å². The molecule has 0 bridgehead atoms. The van der Waals surface area contributed by atoms with Gasteiger partial charge in [0.15, 0.2) is 0 Å². The molecule has 0 saturated carbocycles. The normalized spacial score (nSPS) is 15.0. The van der Waals surface area contributed by atoms with E-state index in [4.69, 9.17) is 0 Å². The van der Waals surface area contributed by atoms with Crippen molar-refractivity contribution in [1.29, 1.82) is 0 Å². The van der Waals surface area contributed by atoms with Gasteiger partial charge in [0.05, 0.1) is 6.61 Å². The molecule has 0 aromatic rings. The van der Waals surface area contributed by atoms with Gasteiger partial charge in [0, 0.05) is 0 Å². The molecule has 0 aromatic carbocycles. The number of alkyl halides is 3. The van der Waals surface area contributed by atoms with Crippen LogP contribution in [0, 0.1) is 0 Å². The Hall–Kier alpha value is -0.290. The Balaban J connectivity index is 3.44. The van der Waals surface area contributed by atoms with Gasteiger partial charge in [0.2, 0.25) is 0 Å². The maximum absolute atomic E-state index is 11.4. The second kappa shape index (κ2) is 4.56. The Morgan fingerprint density at radius 3 is 2.36 bits per heavy atom. The van der Waals surface area contributed by atoms with Crippen molar-refractivity contribution in [2.24, 2.45) is 0 Å². The smallest absolute Gasteiger partial charge is 0.343 e. The van der Waals surface area contributed by atoms with Gasteiger partial charge in [-0.1, -0.05) is 13.3 Å². The van der Waals surface area contributed by atoms with E-state index >= 15 is 0 Å². The second-order valence-electron chi connectivity index (χ2n) is 2.10. The van der Waals surface area contributed by atoms with Crippen molar-refractivity contribution in [3.8, 4) is 0 Å². The summed E-state index contributed by atoms with van der Waals surface area (Å²) in [6.45, 7) is 1.68. The average molecular weight is 171 g/mol. The molecule has 1 atom stereocenters. The Labute approximate surface area is 63.0 Å². The first-order chi connectivity index (χ1) is 4.98. The van der Waals surface area contributed by atoms with Crippen molar-refractivity contribution < 1.29 is 23.0 Å². The highest BCUT2D eigenvalue weighted by Gasteiger charge is 2.40. The third-order valence-corrected chi connectivity index (χ3v) is 1.03. The van der Waals surface area contributed by atoms with Gasteiger partial charge in [-0.2, -0.15) is 18.3 Å². The first-order valence-electron chi connectivity index (χ1n) is 3.32. The van der Waals surface area contributed by atoms with Crippen LogP contribution >= 0.6 is 0 Å². The zero-order chi connectivity index (χ0) is 8.91. The highest BCUT2D eigenvalue weighted by molar-refractivity contribution is 4.52. The van der Waals surface area contributed by atoms with E-state index in [0.717, 1.165) is 0 Å². The van der Waals surface area contributed by atoms with Crippen molar-refractivity contribution in [3.05, 3.63) is 0 Å². The number of hydrogen-bond acceptors (Lipinski definition) is 1.